The maximum Gasteiger partial charge on any atom is 0.323 e. The van der Waals surface area contributed by atoms with Crippen LogP contribution in [0.3, 0.4) is 0 Å². The van der Waals surface area contributed by atoms with E-state index in [9.17, 15) is 9.90 Å². The molecular weight excluding hydrogens is 210 g/mol. The summed E-state index contributed by atoms with van der Waals surface area (Å²) in [5.74, 6) is -0.207. The second-order valence-electron chi connectivity index (χ2n) is 4.66. The number of hydrogen-bond donors (Lipinski definition) is 1. The lowest BCUT2D eigenvalue weighted by molar-refractivity contribution is -0.155. The van der Waals surface area contributed by atoms with Crippen molar-refractivity contribution >= 4 is 5.97 Å². The Bertz CT molecular complexity index is 283. The molecule has 5 nitrogen and oxygen atoms in total. The van der Waals surface area contributed by atoms with Crippen LogP contribution in [0.15, 0.2) is 0 Å². The first kappa shape index (κ1) is 11.8. The SMILES string of the molecule is COC(=O)C1CCN1CC1(O)CCOC1C. The number of esters is 1. The summed E-state index contributed by atoms with van der Waals surface area (Å²) in [5, 5.41) is 10.3. The van der Waals surface area contributed by atoms with Gasteiger partial charge in [-0.25, -0.2) is 0 Å². The van der Waals surface area contributed by atoms with Gasteiger partial charge in [0.1, 0.15) is 11.6 Å². The number of likely N-dealkylation sites (tertiary alicyclic amines) is 1. The summed E-state index contributed by atoms with van der Waals surface area (Å²) in [6.07, 6.45) is 1.29. The number of carbonyl (C=O) groups excluding carboxylic acids is 1. The Hall–Kier alpha value is -0.650. The van der Waals surface area contributed by atoms with Gasteiger partial charge in [0.2, 0.25) is 0 Å². The molecule has 2 rings (SSSR count). The molecule has 92 valence electrons. The van der Waals surface area contributed by atoms with E-state index in [1.165, 1.54) is 7.11 Å². The van der Waals surface area contributed by atoms with Gasteiger partial charge >= 0.3 is 5.97 Å². The van der Waals surface area contributed by atoms with Crippen molar-refractivity contribution in [2.45, 2.75) is 37.5 Å². The summed E-state index contributed by atoms with van der Waals surface area (Å²) in [7, 11) is 1.40. The fourth-order valence-corrected chi connectivity index (χ4v) is 2.36. The quantitative estimate of drug-likeness (QED) is 0.678. The average Bonchev–Trinajstić information content (AvgIpc) is 2.55. The molecule has 0 radical (unpaired) electrons. The van der Waals surface area contributed by atoms with Gasteiger partial charge in [-0.15, -0.1) is 0 Å². The fourth-order valence-electron chi connectivity index (χ4n) is 2.36. The molecule has 2 aliphatic heterocycles. The molecule has 3 unspecified atom stereocenters. The van der Waals surface area contributed by atoms with Crippen molar-refractivity contribution in [2.24, 2.45) is 0 Å². The number of hydrogen-bond acceptors (Lipinski definition) is 5. The van der Waals surface area contributed by atoms with Gasteiger partial charge < -0.3 is 14.6 Å². The molecule has 0 saturated carbocycles. The smallest absolute Gasteiger partial charge is 0.323 e. The lowest BCUT2D eigenvalue weighted by Gasteiger charge is -2.43. The fraction of sp³-hybridized carbons (Fsp3) is 0.909. The molecule has 2 saturated heterocycles. The lowest BCUT2D eigenvalue weighted by Crippen LogP contribution is -2.59. The Morgan fingerprint density at radius 2 is 2.44 bits per heavy atom. The predicted molar refractivity (Wildman–Crippen MR) is 57.0 cm³/mol. The van der Waals surface area contributed by atoms with E-state index < -0.39 is 5.60 Å². The number of nitrogens with zero attached hydrogens (tertiary/aromatic N) is 1. The van der Waals surface area contributed by atoms with Gasteiger partial charge in [-0.3, -0.25) is 9.69 Å². The Kier molecular flexibility index (Phi) is 3.19. The molecule has 0 aromatic heterocycles. The minimum Gasteiger partial charge on any atom is -0.468 e. The van der Waals surface area contributed by atoms with Crippen molar-refractivity contribution in [3.63, 3.8) is 0 Å². The molecular formula is C11H19NO4. The van der Waals surface area contributed by atoms with E-state index in [-0.39, 0.29) is 18.1 Å². The summed E-state index contributed by atoms with van der Waals surface area (Å²) in [5.41, 5.74) is -0.813. The minimum absolute atomic E-state index is 0.161. The molecule has 3 atom stereocenters. The van der Waals surface area contributed by atoms with Crippen LogP contribution in [0, 0.1) is 0 Å². The summed E-state index contributed by atoms with van der Waals surface area (Å²) in [4.78, 5) is 13.4. The molecule has 2 fully saturated rings. The molecule has 0 spiro atoms. The Morgan fingerprint density at radius 1 is 1.69 bits per heavy atom. The molecule has 16 heavy (non-hydrogen) atoms. The largest absolute Gasteiger partial charge is 0.468 e. The highest BCUT2D eigenvalue weighted by molar-refractivity contribution is 5.76. The molecule has 0 aromatic rings. The molecule has 2 heterocycles. The highest BCUT2D eigenvalue weighted by Gasteiger charge is 2.45. The number of ether oxygens (including phenoxy) is 2. The monoisotopic (exact) mass is 229 g/mol. The van der Waals surface area contributed by atoms with Gasteiger partial charge in [-0.1, -0.05) is 0 Å². The zero-order valence-electron chi connectivity index (χ0n) is 9.81. The third kappa shape index (κ3) is 1.95. The van der Waals surface area contributed by atoms with Crippen molar-refractivity contribution in [3.05, 3.63) is 0 Å². The van der Waals surface area contributed by atoms with Crippen LogP contribution in [0.4, 0.5) is 0 Å². The van der Waals surface area contributed by atoms with Crippen LogP contribution in [-0.4, -0.2) is 60.5 Å². The predicted octanol–water partition coefficient (Wildman–Crippen LogP) is -0.226. The summed E-state index contributed by atoms with van der Waals surface area (Å²) >= 11 is 0. The van der Waals surface area contributed by atoms with Crippen molar-refractivity contribution < 1.29 is 19.4 Å². The van der Waals surface area contributed by atoms with E-state index in [0.29, 0.717) is 19.6 Å². The van der Waals surface area contributed by atoms with Crippen LogP contribution in [0.25, 0.3) is 0 Å². The molecule has 2 aliphatic rings. The number of carbonyl (C=O) groups is 1. The number of rotatable bonds is 3. The van der Waals surface area contributed by atoms with Gasteiger partial charge in [0.25, 0.3) is 0 Å². The Morgan fingerprint density at radius 3 is 2.88 bits per heavy atom. The number of aliphatic hydroxyl groups is 1. The van der Waals surface area contributed by atoms with Gasteiger partial charge in [-0.05, 0) is 13.3 Å². The summed E-state index contributed by atoms with van der Waals surface area (Å²) in [6.45, 7) is 3.80. The molecule has 1 N–H and O–H groups in total. The van der Waals surface area contributed by atoms with Gasteiger partial charge in [0.05, 0.1) is 13.2 Å². The third-order valence-corrected chi connectivity index (χ3v) is 3.74. The topological polar surface area (TPSA) is 59.0 Å². The zero-order valence-corrected chi connectivity index (χ0v) is 9.81. The second kappa shape index (κ2) is 4.31. The van der Waals surface area contributed by atoms with Crippen LogP contribution in [-0.2, 0) is 14.3 Å². The highest BCUT2D eigenvalue weighted by atomic mass is 16.5. The van der Waals surface area contributed by atoms with Gasteiger partial charge in [0, 0.05) is 26.1 Å². The van der Waals surface area contributed by atoms with Crippen molar-refractivity contribution in [1.82, 2.24) is 4.90 Å². The molecule has 0 aliphatic carbocycles. The molecule has 0 amide bonds. The second-order valence-corrected chi connectivity index (χ2v) is 4.66. The normalized spacial score (nSPS) is 39.4. The maximum absolute atomic E-state index is 11.4. The summed E-state index contributed by atoms with van der Waals surface area (Å²) < 4.78 is 10.1. The van der Waals surface area contributed by atoms with E-state index in [1.807, 2.05) is 11.8 Å². The zero-order chi connectivity index (χ0) is 11.8. The van der Waals surface area contributed by atoms with Crippen LogP contribution >= 0.6 is 0 Å². The van der Waals surface area contributed by atoms with Gasteiger partial charge in [-0.2, -0.15) is 0 Å². The number of methoxy groups -OCH3 is 1. The van der Waals surface area contributed by atoms with E-state index in [0.717, 1.165) is 13.0 Å². The third-order valence-electron chi connectivity index (χ3n) is 3.74. The molecule has 5 heteroatoms. The van der Waals surface area contributed by atoms with Crippen molar-refractivity contribution in [3.8, 4) is 0 Å². The van der Waals surface area contributed by atoms with E-state index in [4.69, 9.17) is 9.47 Å². The maximum atomic E-state index is 11.4. The van der Waals surface area contributed by atoms with Gasteiger partial charge in [0.15, 0.2) is 0 Å². The highest BCUT2D eigenvalue weighted by Crippen LogP contribution is 2.30. The Labute approximate surface area is 95.3 Å². The average molecular weight is 229 g/mol. The first-order valence-electron chi connectivity index (χ1n) is 5.73. The van der Waals surface area contributed by atoms with Crippen molar-refractivity contribution in [1.29, 1.82) is 0 Å². The summed E-state index contributed by atoms with van der Waals surface area (Å²) in [6, 6.07) is -0.179. The first-order chi connectivity index (χ1) is 7.57. The van der Waals surface area contributed by atoms with Crippen molar-refractivity contribution in [2.75, 3.05) is 26.8 Å². The van der Waals surface area contributed by atoms with E-state index in [2.05, 4.69) is 0 Å². The van der Waals surface area contributed by atoms with Crippen LogP contribution in [0.5, 0.6) is 0 Å². The lowest BCUT2D eigenvalue weighted by atomic mass is 9.92. The van der Waals surface area contributed by atoms with Crippen LogP contribution in [0.2, 0.25) is 0 Å². The molecule has 0 aromatic carbocycles. The van der Waals surface area contributed by atoms with Crippen LogP contribution in [0.1, 0.15) is 19.8 Å². The van der Waals surface area contributed by atoms with Crippen LogP contribution < -0.4 is 0 Å². The Balaban J connectivity index is 1.92. The number of β-amino-alcohol motifs (C(OH)–C–C–N with tert-alkyl or cyclic N) is 1. The molecule has 0 bridgehead atoms. The van der Waals surface area contributed by atoms with E-state index >= 15 is 0 Å². The standard InChI is InChI=1S/C11H19NO4/c1-8-11(14,4-6-16-8)7-12-5-3-9(12)10(13)15-2/h8-9,14H,3-7H2,1-2H3. The first-order valence-corrected chi connectivity index (χ1v) is 5.73. The minimum atomic E-state index is -0.813. The van der Waals surface area contributed by atoms with E-state index in [1.54, 1.807) is 0 Å².